The minimum absolute atomic E-state index is 0.158. The fourth-order valence-corrected chi connectivity index (χ4v) is 3.40. The first-order chi connectivity index (χ1) is 14.0. The number of rotatable bonds is 3. The van der Waals surface area contributed by atoms with Crippen LogP contribution in [0.25, 0.3) is 0 Å². The van der Waals surface area contributed by atoms with Crippen molar-refractivity contribution in [1.82, 2.24) is 0 Å². The van der Waals surface area contributed by atoms with Crippen molar-refractivity contribution in [3.8, 4) is 11.5 Å². The zero-order valence-electron chi connectivity index (χ0n) is 16.7. The summed E-state index contributed by atoms with van der Waals surface area (Å²) in [5.41, 5.74) is 4.46. The van der Waals surface area contributed by atoms with Gasteiger partial charge in [-0.25, -0.2) is 0 Å². The molecule has 1 N–H and O–H groups in total. The number of nitrogens with one attached hydrogen (secondary N) is 1. The van der Waals surface area contributed by atoms with Crippen LogP contribution in [-0.4, -0.2) is 18.4 Å². The van der Waals surface area contributed by atoms with E-state index in [1.807, 2.05) is 57.2 Å². The second-order valence-corrected chi connectivity index (χ2v) is 7.08. The molecule has 0 bridgehead atoms. The van der Waals surface area contributed by atoms with E-state index >= 15 is 0 Å². The summed E-state index contributed by atoms with van der Waals surface area (Å²) in [5, 5.41) is 2.88. The van der Waals surface area contributed by atoms with E-state index in [1.165, 1.54) is 0 Å². The first kappa shape index (κ1) is 18.7. The highest BCUT2D eigenvalue weighted by Crippen LogP contribution is 2.39. The van der Waals surface area contributed by atoms with Crippen molar-refractivity contribution in [3.05, 3.63) is 82.9 Å². The molecule has 0 atom stereocenters. The van der Waals surface area contributed by atoms with Gasteiger partial charge in [-0.05, 0) is 74.4 Å². The number of amides is 2. The monoisotopic (exact) mass is 386 g/mol. The fraction of sp³-hybridized carbons (Fsp3) is 0.167. The van der Waals surface area contributed by atoms with E-state index < -0.39 is 0 Å². The first-order valence-corrected chi connectivity index (χ1v) is 9.59. The molecule has 0 spiro atoms. The summed E-state index contributed by atoms with van der Waals surface area (Å²) >= 11 is 0. The van der Waals surface area contributed by atoms with Crippen LogP contribution in [0.3, 0.4) is 0 Å². The van der Waals surface area contributed by atoms with E-state index in [9.17, 15) is 9.59 Å². The van der Waals surface area contributed by atoms with Gasteiger partial charge in [0, 0.05) is 17.8 Å². The lowest BCUT2D eigenvalue weighted by Gasteiger charge is -2.19. The first-order valence-electron chi connectivity index (χ1n) is 9.59. The molecular weight excluding hydrogens is 364 g/mol. The van der Waals surface area contributed by atoms with Crippen LogP contribution in [0.4, 0.5) is 11.4 Å². The van der Waals surface area contributed by atoms with Crippen LogP contribution in [-0.2, 0) is 0 Å². The summed E-state index contributed by atoms with van der Waals surface area (Å²) in [6.45, 7) is 6.41. The molecule has 5 heteroatoms. The van der Waals surface area contributed by atoms with Gasteiger partial charge in [-0.2, -0.15) is 0 Å². The fourth-order valence-electron chi connectivity index (χ4n) is 3.40. The number of nitrogens with zero attached hydrogens (tertiary/aromatic N) is 1. The summed E-state index contributed by atoms with van der Waals surface area (Å²) in [7, 11) is 0. The normalized spacial score (nSPS) is 12.5. The van der Waals surface area contributed by atoms with Gasteiger partial charge in [0.1, 0.15) is 5.75 Å². The van der Waals surface area contributed by atoms with Crippen LogP contribution in [0.1, 0.15) is 38.8 Å². The number of aryl methyl sites for hydroxylation is 2. The Morgan fingerprint density at radius 2 is 1.76 bits per heavy atom. The summed E-state index contributed by atoms with van der Waals surface area (Å²) < 4.78 is 6.00. The third-order valence-electron chi connectivity index (χ3n) is 5.17. The Hall–Kier alpha value is -3.60. The summed E-state index contributed by atoms with van der Waals surface area (Å²) in [5.74, 6) is 0.733. The van der Waals surface area contributed by atoms with Crippen LogP contribution >= 0.6 is 0 Å². The summed E-state index contributed by atoms with van der Waals surface area (Å²) in [6, 6.07) is 18.2. The van der Waals surface area contributed by atoms with E-state index in [4.69, 9.17) is 4.74 Å². The summed E-state index contributed by atoms with van der Waals surface area (Å²) in [4.78, 5) is 27.5. The van der Waals surface area contributed by atoms with Gasteiger partial charge in [0.25, 0.3) is 11.8 Å². The second-order valence-electron chi connectivity index (χ2n) is 7.08. The minimum Gasteiger partial charge on any atom is -0.454 e. The van der Waals surface area contributed by atoms with Gasteiger partial charge in [-0.1, -0.05) is 18.2 Å². The van der Waals surface area contributed by atoms with Crippen molar-refractivity contribution in [2.24, 2.45) is 0 Å². The van der Waals surface area contributed by atoms with Crippen molar-refractivity contribution in [2.45, 2.75) is 20.8 Å². The number of hydrogen-bond donors (Lipinski definition) is 1. The molecule has 1 aliphatic rings. The molecule has 0 saturated carbocycles. The van der Waals surface area contributed by atoms with Crippen molar-refractivity contribution < 1.29 is 14.3 Å². The van der Waals surface area contributed by atoms with Gasteiger partial charge in [0.15, 0.2) is 5.75 Å². The Kier molecular flexibility index (Phi) is 4.80. The average molecular weight is 386 g/mol. The number of hydrogen-bond acceptors (Lipinski definition) is 3. The van der Waals surface area contributed by atoms with Crippen molar-refractivity contribution in [1.29, 1.82) is 0 Å². The van der Waals surface area contributed by atoms with Gasteiger partial charge >= 0.3 is 0 Å². The molecule has 0 radical (unpaired) electrons. The Labute approximate surface area is 169 Å². The smallest absolute Gasteiger partial charge is 0.262 e. The van der Waals surface area contributed by atoms with Crippen molar-refractivity contribution in [2.75, 3.05) is 16.8 Å². The highest BCUT2D eigenvalue weighted by Gasteiger charge is 2.27. The van der Waals surface area contributed by atoms with E-state index in [0.717, 1.165) is 16.8 Å². The molecule has 1 heterocycles. The van der Waals surface area contributed by atoms with Gasteiger partial charge < -0.3 is 15.0 Å². The number of carbonyl (C=O) groups is 2. The molecule has 146 valence electrons. The van der Waals surface area contributed by atoms with E-state index in [1.54, 1.807) is 29.2 Å². The lowest BCUT2D eigenvalue weighted by Crippen LogP contribution is -2.29. The molecule has 0 aliphatic carbocycles. The molecule has 29 heavy (non-hydrogen) atoms. The van der Waals surface area contributed by atoms with Gasteiger partial charge in [-0.15, -0.1) is 0 Å². The molecule has 3 aromatic carbocycles. The Balaban J connectivity index is 1.67. The predicted molar refractivity (Wildman–Crippen MR) is 114 cm³/mol. The number of benzene rings is 3. The lowest BCUT2D eigenvalue weighted by molar-refractivity contribution is 0.0985. The van der Waals surface area contributed by atoms with Crippen LogP contribution < -0.4 is 15.0 Å². The molecule has 0 saturated heterocycles. The molecule has 0 unspecified atom stereocenters. The molecule has 4 rings (SSSR count). The SMILES string of the molecule is CCN1C(=O)c2cc(NC(=O)c3ccc(C)c(C)c3)ccc2Oc2ccccc21. The highest BCUT2D eigenvalue weighted by atomic mass is 16.5. The van der Waals surface area contributed by atoms with Crippen LogP contribution in [0.5, 0.6) is 11.5 Å². The van der Waals surface area contributed by atoms with E-state index in [-0.39, 0.29) is 11.8 Å². The molecule has 0 fully saturated rings. The highest BCUT2D eigenvalue weighted by molar-refractivity contribution is 6.11. The topological polar surface area (TPSA) is 58.6 Å². The maximum Gasteiger partial charge on any atom is 0.262 e. The zero-order chi connectivity index (χ0) is 20.5. The average Bonchev–Trinajstić information content (AvgIpc) is 2.83. The van der Waals surface area contributed by atoms with Gasteiger partial charge in [0.2, 0.25) is 0 Å². The quantitative estimate of drug-likeness (QED) is 0.662. The van der Waals surface area contributed by atoms with E-state index in [2.05, 4.69) is 5.32 Å². The molecule has 5 nitrogen and oxygen atoms in total. The largest absolute Gasteiger partial charge is 0.454 e. The van der Waals surface area contributed by atoms with Crippen molar-refractivity contribution >= 4 is 23.2 Å². The molecule has 1 aliphatic heterocycles. The predicted octanol–water partition coefficient (Wildman–Crippen LogP) is 5.33. The number of fused-ring (bicyclic) bond motifs is 2. The maximum absolute atomic E-state index is 13.2. The lowest BCUT2D eigenvalue weighted by atomic mass is 10.1. The third-order valence-corrected chi connectivity index (χ3v) is 5.17. The second kappa shape index (κ2) is 7.43. The van der Waals surface area contributed by atoms with Crippen LogP contribution in [0.2, 0.25) is 0 Å². The number of anilines is 2. The molecule has 2 amide bonds. The van der Waals surface area contributed by atoms with E-state index in [0.29, 0.717) is 34.9 Å². The molecule has 3 aromatic rings. The van der Waals surface area contributed by atoms with Gasteiger partial charge in [0.05, 0.1) is 11.3 Å². The van der Waals surface area contributed by atoms with Crippen LogP contribution in [0.15, 0.2) is 60.7 Å². The molecule has 0 aromatic heterocycles. The third kappa shape index (κ3) is 3.47. The Morgan fingerprint density at radius 3 is 2.52 bits per heavy atom. The maximum atomic E-state index is 13.2. The number of para-hydroxylation sites is 2. The molecular formula is C24H22N2O3. The standard InChI is InChI=1S/C24H22N2O3/c1-4-26-20-7-5-6-8-22(20)29-21-12-11-18(14-19(21)24(26)28)25-23(27)17-10-9-15(2)16(3)13-17/h5-14H,4H2,1-3H3,(H,25,27). The number of carbonyl (C=O) groups excluding carboxylic acids is 2. The number of ether oxygens (including phenoxy) is 1. The van der Waals surface area contributed by atoms with Crippen LogP contribution in [0, 0.1) is 13.8 Å². The van der Waals surface area contributed by atoms with Gasteiger partial charge in [-0.3, -0.25) is 9.59 Å². The summed E-state index contributed by atoms with van der Waals surface area (Å²) in [6.07, 6.45) is 0. The van der Waals surface area contributed by atoms with Crippen molar-refractivity contribution in [3.63, 3.8) is 0 Å². The minimum atomic E-state index is -0.217. The Morgan fingerprint density at radius 1 is 0.966 bits per heavy atom. The zero-order valence-corrected chi connectivity index (χ0v) is 16.7. The Bertz CT molecular complexity index is 1120.